The summed E-state index contributed by atoms with van der Waals surface area (Å²) in [4.78, 5) is 12.6. The summed E-state index contributed by atoms with van der Waals surface area (Å²) in [6, 6.07) is 27.6. The summed E-state index contributed by atoms with van der Waals surface area (Å²) in [5.41, 5.74) is 3.81. The molecule has 4 rings (SSSR count). The lowest BCUT2D eigenvalue weighted by atomic mass is 10.1. The first kappa shape index (κ1) is 18.2. The fourth-order valence-electron chi connectivity index (χ4n) is 2.90. The Morgan fingerprint density at radius 1 is 0.857 bits per heavy atom. The van der Waals surface area contributed by atoms with Gasteiger partial charge in [-0.1, -0.05) is 90.1 Å². The summed E-state index contributed by atoms with van der Waals surface area (Å²) < 4.78 is 2.00. The number of Topliss-reactive ketones (excluding diaryl/α,β-unsaturated/α-hetero) is 1. The lowest BCUT2D eigenvalue weighted by molar-refractivity contribution is 0.102. The summed E-state index contributed by atoms with van der Waals surface area (Å²) in [5.74, 6) is 1.15. The summed E-state index contributed by atoms with van der Waals surface area (Å²) in [6.45, 7) is 2.01. The van der Waals surface area contributed by atoms with Crippen molar-refractivity contribution in [3.8, 4) is 17.1 Å². The minimum atomic E-state index is 0.0777. The smallest absolute Gasteiger partial charge is 0.196 e. The van der Waals surface area contributed by atoms with Crippen LogP contribution in [-0.2, 0) is 0 Å². The Morgan fingerprint density at radius 3 is 2.18 bits per heavy atom. The van der Waals surface area contributed by atoms with Gasteiger partial charge >= 0.3 is 0 Å². The number of carbonyl (C=O) groups is 1. The Balaban J connectivity index is 1.65. The Labute approximate surface area is 168 Å². The predicted octanol–water partition coefficient (Wildman–Crippen LogP) is 5.22. The lowest BCUT2D eigenvalue weighted by Crippen LogP contribution is -2.05. The molecule has 0 atom stereocenters. The number of carbonyl (C=O) groups excluding carboxylic acids is 1. The van der Waals surface area contributed by atoms with E-state index in [1.54, 1.807) is 0 Å². The van der Waals surface area contributed by atoms with Crippen LogP contribution in [0.4, 0.5) is 0 Å². The number of hydrogen-bond acceptors (Lipinski definition) is 4. The molecule has 0 aliphatic heterocycles. The van der Waals surface area contributed by atoms with Crippen molar-refractivity contribution in [2.75, 3.05) is 5.75 Å². The van der Waals surface area contributed by atoms with Gasteiger partial charge in [0.1, 0.15) is 0 Å². The Kier molecular flexibility index (Phi) is 5.35. The Hall–Kier alpha value is -3.18. The molecule has 0 saturated heterocycles. The summed E-state index contributed by atoms with van der Waals surface area (Å²) >= 11 is 1.40. The highest BCUT2D eigenvalue weighted by Gasteiger charge is 2.17. The van der Waals surface area contributed by atoms with Crippen molar-refractivity contribution in [1.29, 1.82) is 0 Å². The standard InChI is InChI=1S/C23H19N3OS/c1-17-12-14-18(15-13-17)21(27)16-28-23-25-24-22(19-8-4-2-5-9-19)26(23)20-10-6-3-7-11-20/h2-15H,16H2,1H3. The highest BCUT2D eigenvalue weighted by molar-refractivity contribution is 7.99. The summed E-state index contributed by atoms with van der Waals surface area (Å²) in [5, 5.41) is 9.48. The van der Waals surface area contributed by atoms with Crippen molar-refractivity contribution in [1.82, 2.24) is 14.8 Å². The fraction of sp³-hybridized carbons (Fsp3) is 0.0870. The second kappa shape index (κ2) is 8.23. The molecule has 4 aromatic rings. The largest absolute Gasteiger partial charge is 0.293 e. The average molecular weight is 385 g/mol. The number of hydrogen-bond donors (Lipinski definition) is 0. The van der Waals surface area contributed by atoms with E-state index in [1.807, 2.05) is 96.4 Å². The second-order valence-corrected chi connectivity index (χ2v) is 7.36. The topological polar surface area (TPSA) is 47.8 Å². The Bertz CT molecular complexity index is 1070. The van der Waals surface area contributed by atoms with Crippen LogP contribution in [0.5, 0.6) is 0 Å². The van der Waals surface area contributed by atoms with E-state index >= 15 is 0 Å². The van der Waals surface area contributed by atoms with Gasteiger partial charge in [0, 0.05) is 16.8 Å². The summed E-state index contributed by atoms with van der Waals surface area (Å²) in [7, 11) is 0. The quantitative estimate of drug-likeness (QED) is 0.337. The van der Waals surface area contributed by atoms with E-state index in [2.05, 4.69) is 10.2 Å². The molecule has 5 heteroatoms. The highest BCUT2D eigenvalue weighted by atomic mass is 32.2. The molecule has 0 amide bonds. The zero-order valence-electron chi connectivity index (χ0n) is 15.4. The molecule has 138 valence electrons. The maximum absolute atomic E-state index is 12.6. The lowest BCUT2D eigenvalue weighted by Gasteiger charge is -2.10. The molecule has 1 heterocycles. The van der Waals surface area contributed by atoms with E-state index < -0.39 is 0 Å². The number of benzene rings is 3. The highest BCUT2D eigenvalue weighted by Crippen LogP contribution is 2.28. The van der Waals surface area contributed by atoms with Crippen molar-refractivity contribution in [3.05, 3.63) is 96.1 Å². The van der Waals surface area contributed by atoms with Crippen molar-refractivity contribution in [2.24, 2.45) is 0 Å². The van der Waals surface area contributed by atoms with Crippen LogP contribution in [0.1, 0.15) is 15.9 Å². The van der Waals surface area contributed by atoms with E-state index in [9.17, 15) is 4.79 Å². The predicted molar refractivity (Wildman–Crippen MR) is 113 cm³/mol. The third-order valence-electron chi connectivity index (χ3n) is 4.39. The van der Waals surface area contributed by atoms with Gasteiger partial charge in [0.2, 0.25) is 0 Å². The van der Waals surface area contributed by atoms with Crippen LogP contribution >= 0.6 is 11.8 Å². The van der Waals surface area contributed by atoms with Crippen LogP contribution in [0.2, 0.25) is 0 Å². The maximum atomic E-state index is 12.6. The van der Waals surface area contributed by atoms with Gasteiger partial charge in [-0.2, -0.15) is 0 Å². The van der Waals surface area contributed by atoms with Crippen LogP contribution in [-0.4, -0.2) is 26.3 Å². The number of thioether (sulfide) groups is 1. The van der Waals surface area contributed by atoms with Gasteiger partial charge in [0.15, 0.2) is 16.8 Å². The molecule has 0 N–H and O–H groups in total. The molecule has 0 aliphatic carbocycles. The second-order valence-electron chi connectivity index (χ2n) is 6.42. The third-order valence-corrected chi connectivity index (χ3v) is 5.31. The van der Waals surface area contributed by atoms with Gasteiger partial charge in [0.25, 0.3) is 0 Å². The van der Waals surface area contributed by atoms with E-state index in [0.29, 0.717) is 16.5 Å². The molecule has 0 bridgehead atoms. The zero-order chi connectivity index (χ0) is 19.3. The molecular weight excluding hydrogens is 366 g/mol. The maximum Gasteiger partial charge on any atom is 0.196 e. The van der Waals surface area contributed by atoms with Crippen LogP contribution < -0.4 is 0 Å². The first-order valence-corrected chi connectivity index (χ1v) is 10.00. The van der Waals surface area contributed by atoms with Crippen molar-refractivity contribution in [2.45, 2.75) is 12.1 Å². The molecule has 0 fully saturated rings. The van der Waals surface area contributed by atoms with Gasteiger partial charge in [-0.25, -0.2) is 0 Å². The van der Waals surface area contributed by atoms with Crippen molar-refractivity contribution >= 4 is 17.5 Å². The minimum Gasteiger partial charge on any atom is -0.293 e. The minimum absolute atomic E-state index is 0.0777. The zero-order valence-corrected chi connectivity index (χ0v) is 16.3. The van der Waals surface area contributed by atoms with Crippen molar-refractivity contribution < 1.29 is 4.79 Å². The summed E-state index contributed by atoms with van der Waals surface area (Å²) in [6.07, 6.45) is 0. The number of nitrogens with zero attached hydrogens (tertiary/aromatic N) is 3. The van der Waals surface area contributed by atoms with Crippen LogP contribution in [0.3, 0.4) is 0 Å². The number of rotatable bonds is 6. The van der Waals surface area contributed by atoms with Crippen LogP contribution in [0.15, 0.2) is 90.1 Å². The van der Waals surface area contributed by atoms with Crippen LogP contribution in [0.25, 0.3) is 17.1 Å². The van der Waals surface area contributed by atoms with Gasteiger partial charge in [0.05, 0.1) is 5.75 Å². The van der Waals surface area contributed by atoms with E-state index in [1.165, 1.54) is 11.8 Å². The molecule has 0 spiro atoms. The Morgan fingerprint density at radius 2 is 1.50 bits per heavy atom. The van der Waals surface area contributed by atoms with Crippen LogP contribution in [0, 0.1) is 6.92 Å². The monoisotopic (exact) mass is 385 g/mol. The van der Waals surface area contributed by atoms with Gasteiger partial charge < -0.3 is 0 Å². The van der Waals surface area contributed by atoms with E-state index in [4.69, 9.17) is 0 Å². The number of aryl methyl sites for hydroxylation is 1. The third kappa shape index (κ3) is 3.89. The first-order chi connectivity index (χ1) is 13.7. The van der Waals surface area contributed by atoms with Gasteiger partial charge in [-0.15, -0.1) is 10.2 Å². The molecule has 0 radical (unpaired) electrons. The molecule has 4 nitrogen and oxygen atoms in total. The fourth-order valence-corrected chi connectivity index (χ4v) is 3.75. The SMILES string of the molecule is Cc1ccc(C(=O)CSc2nnc(-c3ccccc3)n2-c2ccccc2)cc1. The molecule has 3 aromatic carbocycles. The number of ketones is 1. The molecule has 28 heavy (non-hydrogen) atoms. The van der Waals surface area contributed by atoms with Gasteiger partial charge in [-0.3, -0.25) is 9.36 Å². The molecular formula is C23H19N3OS. The molecule has 1 aromatic heterocycles. The van der Waals surface area contributed by atoms with Crippen molar-refractivity contribution in [3.63, 3.8) is 0 Å². The van der Waals surface area contributed by atoms with Gasteiger partial charge in [-0.05, 0) is 19.1 Å². The van der Waals surface area contributed by atoms with E-state index in [0.717, 1.165) is 22.6 Å². The van der Waals surface area contributed by atoms with E-state index in [-0.39, 0.29) is 5.78 Å². The number of para-hydroxylation sites is 1. The molecule has 0 unspecified atom stereocenters. The first-order valence-electron chi connectivity index (χ1n) is 9.01. The number of aromatic nitrogens is 3. The normalized spacial score (nSPS) is 10.8. The molecule has 0 saturated carbocycles. The average Bonchev–Trinajstić information content (AvgIpc) is 3.18. The molecule has 0 aliphatic rings.